The van der Waals surface area contributed by atoms with Crippen LogP contribution in [0.15, 0.2) is 12.4 Å². The molecule has 1 aromatic heterocycles. The molecule has 0 aliphatic carbocycles. The first-order valence-electron chi connectivity index (χ1n) is 6.63. The monoisotopic (exact) mass is 296 g/mol. The number of nitrogens with zero attached hydrogens (tertiary/aromatic N) is 4. The van der Waals surface area contributed by atoms with Crippen LogP contribution in [0.3, 0.4) is 0 Å². The molecule has 0 aromatic carbocycles. The zero-order chi connectivity index (χ0) is 15.6. The first kappa shape index (κ1) is 15.3. The van der Waals surface area contributed by atoms with E-state index in [0.717, 1.165) is 5.82 Å². The quantitative estimate of drug-likeness (QED) is 0.835. The SMILES string of the molecule is CN(Cc1nccn1C)C(=O)N1CC(C)(OCC(=O)O)C1. The fourth-order valence-corrected chi connectivity index (χ4v) is 2.29. The maximum Gasteiger partial charge on any atom is 0.329 e. The summed E-state index contributed by atoms with van der Waals surface area (Å²) in [5.74, 6) is -0.204. The Kier molecular flexibility index (Phi) is 4.17. The van der Waals surface area contributed by atoms with E-state index in [-0.39, 0.29) is 12.6 Å². The van der Waals surface area contributed by atoms with Crippen LogP contribution in [0.5, 0.6) is 0 Å². The average Bonchev–Trinajstić information content (AvgIpc) is 2.78. The van der Waals surface area contributed by atoms with Crippen molar-refractivity contribution in [3.05, 3.63) is 18.2 Å². The molecule has 2 amide bonds. The van der Waals surface area contributed by atoms with E-state index >= 15 is 0 Å². The first-order valence-corrected chi connectivity index (χ1v) is 6.63. The van der Waals surface area contributed by atoms with Crippen LogP contribution in [0.2, 0.25) is 0 Å². The molecule has 0 saturated carbocycles. The summed E-state index contributed by atoms with van der Waals surface area (Å²) in [5, 5.41) is 8.61. The number of carbonyl (C=O) groups excluding carboxylic acids is 1. The Hall–Kier alpha value is -2.09. The molecular weight excluding hydrogens is 276 g/mol. The van der Waals surface area contributed by atoms with Gasteiger partial charge in [0.2, 0.25) is 0 Å². The predicted octanol–water partition coefficient (Wildman–Crippen LogP) is 0.147. The number of aryl methyl sites for hydroxylation is 1. The molecule has 8 nitrogen and oxygen atoms in total. The van der Waals surface area contributed by atoms with Crippen LogP contribution in [0, 0.1) is 0 Å². The Labute approximate surface area is 122 Å². The molecule has 1 aliphatic rings. The highest BCUT2D eigenvalue weighted by Crippen LogP contribution is 2.25. The molecule has 1 fully saturated rings. The van der Waals surface area contributed by atoms with E-state index in [4.69, 9.17) is 9.84 Å². The van der Waals surface area contributed by atoms with E-state index in [9.17, 15) is 9.59 Å². The Bertz CT molecular complexity index is 536. The van der Waals surface area contributed by atoms with Crippen molar-refractivity contribution in [3.63, 3.8) is 0 Å². The van der Waals surface area contributed by atoms with Crippen LogP contribution >= 0.6 is 0 Å². The average molecular weight is 296 g/mol. The number of carbonyl (C=O) groups is 2. The van der Waals surface area contributed by atoms with E-state index in [1.165, 1.54) is 0 Å². The van der Waals surface area contributed by atoms with Crippen LogP contribution in [-0.4, -0.2) is 68.8 Å². The molecule has 1 N–H and O–H groups in total. The molecule has 0 spiro atoms. The number of rotatable bonds is 5. The van der Waals surface area contributed by atoms with Gasteiger partial charge in [0, 0.05) is 26.5 Å². The van der Waals surface area contributed by atoms with E-state index < -0.39 is 11.6 Å². The highest BCUT2D eigenvalue weighted by molar-refractivity contribution is 5.75. The molecule has 1 aliphatic heterocycles. The lowest BCUT2D eigenvalue weighted by Crippen LogP contribution is -2.65. The fraction of sp³-hybridized carbons (Fsp3) is 0.615. The molecule has 0 bridgehead atoms. The van der Waals surface area contributed by atoms with Crippen molar-refractivity contribution < 1.29 is 19.4 Å². The lowest BCUT2D eigenvalue weighted by molar-refractivity contribution is -0.160. The number of urea groups is 1. The minimum atomic E-state index is -1.01. The van der Waals surface area contributed by atoms with Gasteiger partial charge in [-0.2, -0.15) is 0 Å². The highest BCUT2D eigenvalue weighted by Gasteiger charge is 2.43. The van der Waals surface area contributed by atoms with Crippen LogP contribution in [-0.2, 0) is 23.1 Å². The molecule has 8 heteroatoms. The number of carboxylic acids is 1. The molecule has 0 atom stereocenters. The van der Waals surface area contributed by atoms with Crippen molar-refractivity contribution in [2.24, 2.45) is 7.05 Å². The maximum absolute atomic E-state index is 12.2. The van der Waals surface area contributed by atoms with Crippen LogP contribution in [0.4, 0.5) is 4.79 Å². The summed E-state index contributed by atoms with van der Waals surface area (Å²) in [6.07, 6.45) is 3.52. The van der Waals surface area contributed by atoms with Crippen molar-refractivity contribution in [3.8, 4) is 0 Å². The zero-order valence-corrected chi connectivity index (χ0v) is 12.4. The second-order valence-electron chi connectivity index (χ2n) is 5.58. The number of hydrogen-bond acceptors (Lipinski definition) is 4. The van der Waals surface area contributed by atoms with Crippen molar-refractivity contribution in [2.75, 3.05) is 26.7 Å². The van der Waals surface area contributed by atoms with Crippen molar-refractivity contribution in [2.45, 2.75) is 19.1 Å². The number of aromatic nitrogens is 2. The summed E-state index contributed by atoms with van der Waals surface area (Å²) in [6, 6.07) is -0.116. The van der Waals surface area contributed by atoms with Gasteiger partial charge in [0.1, 0.15) is 18.0 Å². The first-order chi connectivity index (χ1) is 9.81. The molecule has 1 saturated heterocycles. The van der Waals surface area contributed by atoms with Crippen LogP contribution in [0.1, 0.15) is 12.7 Å². The second-order valence-corrected chi connectivity index (χ2v) is 5.58. The fourth-order valence-electron chi connectivity index (χ4n) is 2.29. The number of ether oxygens (including phenoxy) is 1. The summed E-state index contributed by atoms with van der Waals surface area (Å²) in [5.41, 5.74) is -0.571. The third kappa shape index (κ3) is 3.52. The van der Waals surface area contributed by atoms with Gasteiger partial charge in [-0.05, 0) is 6.92 Å². The van der Waals surface area contributed by atoms with E-state index in [1.54, 1.807) is 30.0 Å². The van der Waals surface area contributed by atoms with Crippen LogP contribution < -0.4 is 0 Å². The maximum atomic E-state index is 12.2. The van der Waals surface area contributed by atoms with E-state index in [2.05, 4.69) is 4.98 Å². The Balaban J connectivity index is 1.83. The Morgan fingerprint density at radius 3 is 2.71 bits per heavy atom. The smallest absolute Gasteiger partial charge is 0.329 e. The van der Waals surface area contributed by atoms with Gasteiger partial charge in [-0.3, -0.25) is 0 Å². The predicted molar refractivity (Wildman–Crippen MR) is 73.6 cm³/mol. The molecule has 116 valence electrons. The number of imidazole rings is 1. The second kappa shape index (κ2) is 5.72. The Morgan fingerprint density at radius 1 is 1.52 bits per heavy atom. The minimum absolute atomic E-state index is 0.116. The highest BCUT2D eigenvalue weighted by atomic mass is 16.5. The van der Waals surface area contributed by atoms with Crippen molar-refractivity contribution >= 4 is 12.0 Å². The number of hydrogen-bond donors (Lipinski definition) is 1. The summed E-state index contributed by atoms with van der Waals surface area (Å²) in [6.45, 7) is 2.67. The van der Waals surface area contributed by atoms with E-state index in [0.29, 0.717) is 19.6 Å². The summed E-state index contributed by atoms with van der Waals surface area (Å²) >= 11 is 0. The van der Waals surface area contributed by atoms with Gasteiger partial charge in [-0.15, -0.1) is 0 Å². The third-order valence-corrected chi connectivity index (χ3v) is 3.49. The van der Waals surface area contributed by atoms with Gasteiger partial charge in [0.25, 0.3) is 0 Å². The number of aliphatic carboxylic acids is 1. The molecule has 2 heterocycles. The third-order valence-electron chi connectivity index (χ3n) is 3.49. The topological polar surface area (TPSA) is 87.9 Å². The number of likely N-dealkylation sites (tertiary alicyclic amines) is 1. The van der Waals surface area contributed by atoms with Gasteiger partial charge in [-0.1, -0.05) is 0 Å². The normalized spacial score (nSPS) is 16.4. The van der Waals surface area contributed by atoms with Crippen LogP contribution in [0.25, 0.3) is 0 Å². The lowest BCUT2D eigenvalue weighted by Gasteiger charge is -2.48. The molecule has 1 aromatic rings. The zero-order valence-electron chi connectivity index (χ0n) is 12.4. The van der Waals surface area contributed by atoms with Gasteiger partial charge in [0.15, 0.2) is 0 Å². The largest absolute Gasteiger partial charge is 0.480 e. The number of carboxylic acid groups (broad SMARTS) is 1. The lowest BCUT2D eigenvalue weighted by atomic mass is 9.97. The molecule has 0 radical (unpaired) electrons. The standard InChI is InChI=1S/C13H20N4O4/c1-13(21-7-11(18)19)8-17(9-13)12(20)16(3)6-10-14-4-5-15(10)2/h4-5H,6-9H2,1-3H3,(H,18,19). The number of amides is 2. The summed E-state index contributed by atoms with van der Waals surface area (Å²) in [4.78, 5) is 30.1. The van der Waals surface area contributed by atoms with Crippen molar-refractivity contribution in [1.29, 1.82) is 0 Å². The summed E-state index contributed by atoms with van der Waals surface area (Å²) in [7, 11) is 3.59. The van der Waals surface area contributed by atoms with Crippen molar-refractivity contribution in [1.82, 2.24) is 19.4 Å². The Morgan fingerprint density at radius 2 is 2.19 bits per heavy atom. The molecule has 2 rings (SSSR count). The van der Waals surface area contributed by atoms with Gasteiger partial charge in [-0.25, -0.2) is 14.6 Å². The molecular formula is C13H20N4O4. The van der Waals surface area contributed by atoms with Gasteiger partial charge >= 0.3 is 12.0 Å². The van der Waals surface area contributed by atoms with Gasteiger partial charge < -0.3 is 24.2 Å². The van der Waals surface area contributed by atoms with Gasteiger partial charge in [0.05, 0.1) is 19.6 Å². The minimum Gasteiger partial charge on any atom is -0.480 e. The molecule has 0 unspecified atom stereocenters. The van der Waals surface area contributed by atoms with E-state index in [1.807, 2.05) is 17.8 Å². The summed E-state index contributed by atoms with van der Waals surface area (Å²) < 4.78 is 7.14. The molecule has 21 heavy (non-hydrogen) atoms.